The number of hydrogen-bond acceptors (Lipinski definition) is 5. The number of halogens is 1. The average molecular weight is 309 g/mol. The van der Waals surface area contributed by atoms with E-state index in [1.54, 1.807) is 22.7 Å². The highest BCUT2D eigenvalue weighted by Crippen LogP contribution is 2.23. The molecular formula is C12H9ClN4O2S. The Kier molecular flexibility index (Phi) is 2.95. The molecule has 2 aromatic heterocycles. The van der Waals surface area contributed by atoms with E-state index < -0.39 is 9.84 Å². The fraction of sp³-hybridized carbons (Fsp3) is 0.0833. The van der Waals surface area contributed by atoms with Crippen molar-refractivity contribution in [3.63, 3.8) is 0 Å². The molecule has 0 amide bonds. The van der Waals surface area contributed by atoms with Gasteiger partial charge in [-0.3, -0.25) is 9.38 Å². The second kappa shape index (κ2) is 4.53. The second-order valence-corrected chi connectivity index (χ2v) is 6.65. The van der Waals surface area contributed by atoms with Crippen molar-refractivity contribution in [1.29, 1.82) is 0 Å². The molecule has 0 radical (unpaired) electrons. The summed E-state index contributed by atoms with van der Waals surface area (Å²) in [5.41, 5.74) is 1.25. The number of hydrogen-bond donors (Lipinski definition) is 0. The lowest BCUT2D eigenvalue weighted by molar-refractivity contribution is 0.602. The largest absolute Gasteiger partial charge is 0.262 e. The first-order valence-electron chi connectivity index (χ1n) is 5.62. The predicted molar refractivity (Wildman–Crippen MR) is 74.3 cm³/mol. The van der Waals surface area contributed by atoms with Crippen molar-refractivity contribution in [2.45, 2.75) is 4.90 Å². The number of sulfone groups is 1. The molecule has 6 nitrogen and oxygen atoms in total. The van der Waals surface area contributed by atoms with Crippen LogP contribution in [0.5, 0.6) is 0 Å². The third kappa shape index (κ3) is 2.14. The van der Waals surface area contributed by atoms with Crippen LogP contribution >= 0.6 is 11.6 Å². The molecule has 0 bridgehead atoms. The molecule has 0 unspecified atom stereocenters. The van der Waals surface area contributed by atoms with E-state index >= 15 is 0 Å². The topological polar surface area (TPSA) is 77.2 Å². The van der Waals surface area contributed by atoms with Crippen molar-refractivity contribution < 1.29 is 8.42 Å². The molecule has 3 aromatic rings. The minimum atomic E-state index is -3.22. The maximum absolute atomic E-state index is 11.4. The van der Waals surface area contributed by atoms with Gasteiger partial charge in [-0.05, 0) is 24.3 Å². The zero-order valence-electron chi connectivity index (χ0n) is 10.4. The normalized spacial score (nSPS) is 11.9. The van der Waals surface area contributed by atoms with Gasteiger partial charge in [0.05, 0.1) is 17.3 Å². The van der Waals surface area contributed by atoms with Crippen LogP contribution in [0, 0.1) is 0 Å². The van der Waals surface area contributed by atoms with Crippen molar-refractivity contribution in [2.24, 2.45) is 0 Å². The summed E-state index contributed by atoms with van der Waals surface area (Å²) < 4.78 is 24.5. The van der Waals surface area contributed by atoms with Crippen LogP contribution in [-0.2, 0) is 9.84 Å². The quantitative estimate of drug-likeness (QED) is 0.722. The molecule has 0 saturated carbocycles. The molecule has 0 fully saturated rings. The Hall–Kier alpha value is -1.99. The van der Waals surface area contributed by atoms with Crippen molar-refractivity contribution in [1.82, 2.24) is 19.6 Å². The van der Waals surface area contributed by atoms with Crippen molar-refractivity contribution in [2.75, 3.05) is 6.26 Å². The smallest absolute Gasteiger partial charge is 0.180 e. The van der Waals surface area contributed by atoms with Crippen LogP contribution in [0.1, 0.15) is 0 Å². The molecule has 3 rings (SSSR count). The van der Waals surface area contributed by atoms with Gasteiger partial charge < -0.3 is 0 Å². The summed E-state index contributed by atoms with van der Waals surface area (Å²) in [5.74, 6) is 0.535. The van der Waals surface area contributed by atoms with Crippen LogP contribution in [0.3, 0.4) is 0 Å². The average Bonchev–Trinajstić information content (AvgIpc) is 2.83. The fourth-order valence-corrected chi connectivity index (χ4v) is 2.71. The summed E-state index contributed by atoms with van der Waals surface area (Å²) in [5, 5.41) is 8.42. The van der Waals surface area contributed by atoms with E-state index in [0.29, 0.717) is 16.6 Å². The highest BCUT2D eigenvalue weighted by atomic mass is 35.5. The molecule has 1 aromatic carbocycles. The molecule has 0 N–H and O–H groups in total. The van der Waals surface area contributed by atoms with Crippen LogP contribution in [0.15, 0.2) is 41.6 Å². The summed E-state index contributed by atoms with van der Waals surface area (Å²) in [6.45, 7) is 0. The number of aromatic nitrogens is 4. The summed E-state index contributed by atoms with van der Waals surface area (Å²) >= 11 is 6.08. The summed E-state index contributed by atoms with van der Waals surface area (Å²) in [6, 6.07) is 6.40. The molecule has 8 heteroatoms. The van der Waals surface area contributed by atoms with Crippen molar-refractivity contribution in [3.05, 3.63) is 41.8 Å². The van der Waals surface area contributed by atoms with Crippen LogP contribution in [0.4, 0.5) is 0 Å². The van der Waals surface area contributed by atoms with Gasteiger partial charge in [0, 0.05) is 11.8 Å². The molecule has 0 spiro atoms. The first kappa shape index (κ1) is 13.0. The Morgan fingerprint density at radius 3 is 2.45 bits per heavy atom. The number of benzene rings is 1. The van der Waals surface area contributed by atoms with Crippen LogP contribution in [0.25, 0.3) is 17.0 Å². The molecular weight excluding hydrogens is 300 g/mol. The van der Waals surface area contributed by atoms with Crippen LogP contribution < -0.4 is 0 Å². The Balaban J connectivity index is 2.17. The third-order valence-corrected chi connectivity index (χ3v) is 4.21. The first-order chi connectivity index (χ1) is 9.47. The Morgan fingerprint density at radius 2 is 1.80 bits per heavy atom. The highest BCUT2D eigenvalue weighted by Gasteiger charge is 2.12. The van der Waals surface area contributed by atoms with Crippen LogP contribution in [0.2, 0.25) is 5.15 Å². The lowest BCUT2D eigenvalue weighted by Crippen LogP contribution is -1.97. The molecule has 0 aliphatic rings. The van der Waals surface area contributed by atoms with Gasteiger partial charge in [0.1, 0.15) is 5.15 Å². The molecule has 2 heterocycles. The van der Waals surface area contributed by atoms with E-state index in [1.807, 2.05) is 0 Å². The van der Waals surface area contributed by atoms with Gasteiger partial charge in [0.25, 0.3) is 0 Å². The third-order valence-electron chi connectivity index (χ3n) is 2.81. The van der Waals surface area contributed by atoms with Crippen LogP contribution in [-0.4, -0.2) is 34.3 Å². The molecule has 20 heavy (non-hydrogen) atoms. The zero-order valence-corrected chi connectivity index (χ0v) is 11.9. The number of rotatable bonds is 2. The van der Waals surface area contributed by atoms with Gasteiger partial charge in [-0.25, -0.2) is 8.42 Å². The first-order valence-corrected chi connectivity index (χ1v) is 7.89. The SMILES string of the molecule is CS(=O)(=O)c1ccc(-c2nnc3cncc(Cl)n23)cc1. The maximum atomic E-state index is 11.4. The number of nitrogens with zero attached hydrogens (tertiary/aromatic N) is 4. The monoisotopic (exact) mass is 308 g/mol. The molecule has 0 aliphatic carbocycles. The van der Waals surface area contributed by atoms with E-state index in [-0.39, 0.29) is 4.90 Å². The van der Waals surface area contributed by atoms with Gasteiger partial charge in [0.15, 0.2) is 21.3 Å². The van der Waals surface area contributed by atoms with Crippen molar-refractivity contribution >= 4 is 27.1 Å². The standard InChI is InChI=1S/C12H9ClN4O2S/c1-20(18,19)9-4-2-8(3-5-9)12-16-15-11-7-14-6-10(13)17(11)12/h2-7H,1H3. The number of fused-ring (bicyclic) bond motifs is 1. The van der Waals surface area contributed by atoms with Gasteiger partial charge >= 0.3 is 0 Å². The molecule has 0 saturated heterocycles. The van der Waals surface area contributed by atoms with Gasteiger partial charge in [-0.2, -0.15) is 0 Å². The van der Waals surface area contributed by atoms with E-state index in [9.17, 15) is 8.42 Å². The minimum Gasteiger partial charge on any atom is -0.262 e. The minimum absolute atomic E-state index is 0.253. The Bertz CT molecular complexity index is 887. The van der Waals surface area contributed by atoms with E-state index in [2.05, 4.69) is 15.2 Å². The van der Waals surface area contributed by atoms with Gasteiger partial charge in [-0.1, -0.05) is 11.6 Å². The Morgan fingerprint density at radius 1 is 1.10 bits per heavy atom. The highest BCUT2D eigenvalue weighted by molar-refractivity contribution is 7.90. The molecule has 102 valence electrons. The summed E-state index contributed by atoms with van der Waals surface area (Å²) in [7, 11) is -3.22. The Labute approximate surface area is 120 Å². The lowest BCUT2D eigenvalue weighted by Gasteiger charge is -2.03. The molecule has 0 atom stereocenters. The van der Waals surface area contributed by atoms with Crippen molar-refractivity contribution in [3.8, 4) is 11.4 Å². The summed E-state index contributed by atoms with van der Waals surface area (Å²) in [4.78, 5) is 4.18. The van der Waals surface area contributed by atoms with E-state index in [1.165, 1.54) is 18.3 Å². The molecule has 0 aliphatic heterocycles. The lowest BCUT2D eigenvalue weighted by atomic mass is 10.2. The van der Waals surface area contributed by atoms with Gasteiger partial charge in [0.2, 0.25) is 0 Å². The summed E-state index contributed by atoms with van der Waals surface area (Å²) in [6.07, 6.45) is 4.20. The van der Waals surface area contributed by atoms with E-state index in [4.69, 9.17) is 11.6 Å². The second-order valence-electron chi connectivity index (χ2n) is 4.24. The maximum Gasteiger partial charge on any atom is 0.180 e. The predicted octanol–water partition coefficient (Wildman–Crippen LogP) is 1.85. The van der Waals surface area contributed by atoms with E-state index in [0.717, 1.165) is 11.8 Å². The fourth-order valence-electron chi connectivity index (χ4n) is 1.85. The van der Waals surface area contributed by atoms with Gasteiger partial charge in [-0.15, -0.1) is 10.2 Å². The zero-order chi connectivity index (χ0) is 14.3.